The highest BCUT2D eigenvalue weighted by atomic mass is 19.4. The highest BCUT2D eigenvalue weighted by Gasteiger charge is 2.37. The average molecular weight is 530 g/mol. The van der Waals surface area contributed by atoms with E-state index in [1.807, 2.05) is 12.3 Å². The van der Waals surface area contributed by atoms with E-state index in [0.717, 1.165) is 11.1 Å². The Kier molecular flexibility index (Phi) is 6.61. The van der Waals surface area contributed by atoms with Crippen LogP contribution in [0.2, 0.25) is 0 Å². The van der Waals surface area contributed by atoms with E-state index in [4.69, 9.17) is 9.84 Å². The lowest BCUT2D eigenvalue weighted by Gasteiger charge is -2.38. The predicted molar refractivity (Wildman–Crippen MR) is 128 cm³/mol. The fourth-order valence-electron chi connectivity index (χ4n) is 4.36. The first-order chi connectivity index (χ1) is 18.1. The second-order valence-electron chi connectivity index (χ2n) is 8.69. The lowest BCUT2D eigenvalue weighted by Crippen LogP contribution is -2.48. The van der Waals surface area contributed by atoms with Gasteiger partial charge in [-0.3, -0.25) is 9.48 Å². The van der Waals surface area contributed by atoms with E-state index in [1.165, 1.54) is 33.8 Å². The molecule has 5 rings (SSSR count). The van der Waals surface area contributed by atoms with Gasteiger partial charge < -0.3 is 14.4 Å². The standard InChI is InChI=1S/C25H22F4N6O3/c1-15(26)24(36)33-12-17(13-33)22-21-20(16-11-31-34(14-16)9-10-37-2)7-8-30-23(21)35(32-22)18-3-5-19(6-4-18)38-25(27,28)29/h3-8,11,14,17H,1,9-10,12-13H2,2H3. The third-order valence-corrected chi connectivity index (χ3v) is 6.17. The van der Waals surface area contributed by atoms with Crippen LogP contribution in [-0.4, -0.2) is 68.5 Å². The van der Waals surface area contributed by atoms with Crippen molar-refractivity contribution in [2.24, 2.45) is 0 Å². The molecule has 198 valence electrons. The molecule has 38 heavy (non-hydrogen) atoms. The minimum absolute atomic E-state index is 0.221. The van der Waals surface area contributed by atoms with E-state index in [2.05, 4.69) is 21.4 Å². The zero-order chi connectivity index (χ0) is 27.0. The number of halogens is 4. The van der Waals surface area contributed by atoms with Crippen molar-refractivity contribution in [2.75, 3.05) is 26.8 Å². The van der Waals surface area contributed by atoms with Crippen molar-refractivity contribution in [3.63, 3.8) is 0 Å². The molecule has 1 aliphatic heterocycles. The van der Waals surface area contributed by atoms with Gasteiger partial charge in [0, 0.05) is 44.1 Å². The highest BCUT2D eigenvalue weighted by molar-refractivity contribution is 5.96. The van der Waals surface area contributed by atoms with Gasteiger partial charge in [-0.15, -0.1) is 13.2 Å². The molecule has 1 saturated heterocycles. The summed E-state index contributed by atoms with van der Waals surface area (Å²) in [6.45, 7) is 4.56. The van der Waals surface area contributed by atoms with Gasteiger partial charge in [-0.2, -0.15) is 10.2 Å². The second-order valence-corrected chi connectivity index (χ2v) is 8.69. The molecular formula is C25H22F4N6O3. The molecule has 1 aromatic carbocycles. The van der Waals surface area contributed by atoms with E-state index in [-0.39, 0.29) is 24.8 Å². The van der Waals surface area contributed by atoms with E-state index < -0.39 is 18.1 Å². The fraction of sp³-hybridized carbons (Fsp3) is 0.280. The van der Waals surface area contributed by atoms with E-state index in [9.17, 15) is 22.4 Å². The number of alkyl halides is 3. The topological polar surface area (TPSA) is 87.3 Å². The molecule has 0 atom stereocenters. The zero-order valence-corrected chi connectivity index (χ0v) is 20.2. The normalized spacial score (nSPS) is 14.1. The summed E-state index contributed by atoms with van der Waals surface area (Å²) in [7, 11) is 1.60. The monoisotopic (exact) mass is 530 g/mol. The summed E-state index contributed by atoms with van der Waals surface area (Å²) in [6, 6.07) is 7.09. The molecule has 1 fully saturated rings. The van der Waals surface area contributed by atoms with Crippen molar-refractivity contribution >= 4 is 16.9 Å². The quantitative estimate of drug-likeness (QED) is 0.250. The molecule has 0 aliphatic carbocycles. The summed E-state index contributed by atoms with van der Waals surface area (Å²) in [5.41, 5.74) is 3.13. The lowest BCUT2D eigenvalue weighted by molar-refractivity contribution is -0.274. The molecule has 0 bridgehead atoms. The van der Waals surface area contributed by atoms with Gasteiger partial charge in [0.2, 0.25) is 0 Å². The third kappa shape index (κ3) is 4.96. The van der Waals surface area contributed by atoms with Crippen molar-refractivity contribution in [3.8, 4) is 22.6 Å². The number of hydrogen-bond donors (Lipinski definition) is 0. The number of rotatable bonds is 8. The van der Waals surface area contributed by atoms with Crippen LogP contribution in [0.4, 0.5) is 17.6 Å². The summed E-state index contributed by atoms with van der Waals surface area (Å²) >= 11 is 0. The number of ether oxygens (including phenoxy) is 2. The SMILES string of the molecule is C=C(F)C(=O)N1CC(c2nn(-c3ccc(OC(F)(F)F)cc3)c3nccc(-c4cnn(CCOC)c4)c23)C1. The summed E-state index contributed by atoms with van der Waals surface area (Å²) < 4.78 is 63.5. The van der Waals surface area contributed by atoms with Crippen molar-refractivity contribution in [3.05, 3.63) is 67.0 Å². The largest absolute Gasteiger partial charge is 0.573 e. The zero-order valence-electron chi connectivity index (χ0n) is 20.2. The Bertz CT molecular complexity index is 1490. The number of fused-ring (bicyclic) bond motifs is 1. The predicted octanol–water partition coefficient (Wildman–Crippen LogP) is 4.24. The van der Waals surface area contributed by atoms with Crippen LogP contribution in [0.15, 0.2) is 61.3 Å². The molecule has 0 radical (unpaired) electrons. The van der Waals surface area contributed by atoms with Crippen LogP contribution in [0, 0.1) is 0 Å². The molecule has 0 saturated carbocycles. The maximum atomic E-state index is 13.4. The van der Waals surface area contributed by atoms with E-state index in [0.29, 0.717) is 35.6 Å². The Hall–Kier alpha value is -4.26. The van der Waals surface area contributed by atoms with Crippen LogP contribution in [0.1, 0.15) is 11.6 Å². The number of pyridine rings is 1. The smallest absolute Gasteiger partial charge is 0.406 e. The minimum Gasteiger partial charge on any atom is -0.406 e. The molecule has 1 aliphatic rings. The third-order valence-electron chi connectivity index (χ3n) is 6.17. The summed E-state index contributed by atoms with van der Waals surface area (Å²) in [5.74, 6) is -2.40. The number of aromatic nitrogens is 5. The molecule has 0 spiro atoms. The van der Waals surface area contributed by atoms with Crippen LogP contribution in [0.3, 0.4) is 0 Å². The molecule has 1 amide bonds. The highest BCUT2D eigenvalue weighted by Crippen LogP contribution is 2.38. The van der Waals surface area contributed by atoms with Gasteiger partial charge in [-0.1, -0.05) is 6.58 Å². The maximum Gasteiger partial charge on any atom is 0.573 e. The van der Waals surface area contributed by atoms with E-state index in [1.54, 1.807) is 24.2 Å². The molecular weight excluding hydrogens is 508 g/mol. The van der Waals surface area contributed by atoms with Crippen LogP contribution in [0.25, 0.3) is 27.8 Å². The number of likely N-dealkylation sites (tertiary alicyclic amines) is 1. The molecule has 9 nitrogen and oxygen atoms in total. The summed E-state index contributed by atoms with van der Waals surface area (Å²) in [5, 5.41) is 9.84. The maximum absolute atomic E-state index is 13.4. The Balaban J connectivity index is 1.57. The average Bonchev–Trinajstić information content (AvgIpc) is 3.46. The molecule has 13 heteroatoms. The fourth-order valence-corrected chi connectivity index (χ4v) is 4.36. The van der Waals surface area contributed by atoms with Crippen LogP contribution >= 0.6 is 0 Å². The first kappa shape index (κ1) is 25.4. The number of carbonyl (C=O) groups excluding carboxylic acids is 1. The van der Waals surface area contributed by atoms with Gasteiger partial charge in [0.1, 0.15) is 5.75 Å². The Labute approximate surface area is 213 Å². The molecule has 0 N–H and O–H groups in total. The van der Waals surface area contributed by atoms with Gasteiger partial charge in [-0.25, -0.2) is 14.1 Å². The number of hydrogen-bond acceptors (Lipinski definition) is 6. The Morgan fingerprint density at radius 2 is 1.92 bits per heavy atom. The number of amides is 1. The van der Waals surface area contributed by atoms with E-state index >= 15 is 0 Å². The minimum atomic E-state index is -4.81. The van der Waals surface area contributed by atoms with Crippen LogP contribution in [-0.2, 0) is 16.1 Å². The summed E-state index contributed by atoms with van der Waals surface area (Å²) in [4.78, 5) is 17.8. The van der Waals surface area contributed by atoms with Gasteiger partial charge >= 0.3 is 6.36 Å². The first-order valence-corrected chi connectivity index (χ1v) is 11.5. The first-order valence-electron chi connectivity index (χ1n) is 11.5. The number of carbonyl (C=O) groups is 1. The second kappa shape index (κ2) is 9.89. The van der Waals surface area contributed by atoms with Crippen molar-refractivity contribution in [2.45, 2.75) is 18.8 Å². The van der Waals surface area contributed by atoms with Crippen LogP contribution < -0.4 is 4.74 Å². The van der Waals surface area contributed by atoms with Gasteiger partial charge in [-0.05, 0) is 35.9 Å². The number of nitrogens with zero attached hydrogens (tertiary/aromatic N) is 6. The molecule has 4 aromatic rings. The molecule has 4 heterocycles. The van der Waals surface area contributed by atoms with Crippen LogP contribution in [0.5, 0.6) is 5.75 Å². The Morgan fingerprint density at radius 1 is 1.18 bits per heavy atom. The number of benzene rings is 1. The Morgan fingerprint density at radius 3 is 2.58 bits per heavy atom. The molecule has 3 aromatic heterocycles. The van der Waals surface area contributed by atoms with Gasteiger partial charge in [0.15, 0.2) is 11.5 Å². The molecule has 0 unspecified atom stereocenters. The number of methoxy groups -OCH3 is 1. The van der Waals surface area contributed by atoms with Gasteiger partial charge in [0.25, 0.3) is 5.91 Å². The lowest BCUT2D eigenvalue weighted by atomic mass is 9.92. The summed E-state index contributed by atoms with van der Waals surface area (Å²) in [6.07, 6.45) is 0.368. The van der Waals surface area contributed by atoms with Crippen molar-refractivity contribution in [1.82, 2.24) is 29.4 Å². The van der Waals surface area contributed by atoms with Gasteiger partial charge in [0.05, 0.1) is 36.1 Å². The van der Waals surface area contributed by atoms with Crippen molar-refractivity contribution in [1.29, 1.82) is 0 Å². The van der Waals surface area contributed by atoms with Crippen molar-refractivity contribution < 1.29 is 31.8 Å².